The van der Waals surface area contributed by atoms with E-state index in [0.29, 0.717) is 58.0 Å². The van der Waals surface area contributed by atoms with E-state index in [1.54, 1.807) is 4.90 Å². The number of benzene rings is 1. The van der Waals surface area contributed by atoms with Gasteiger partial charge in [-0.1, -0.05) is 6.07 Å². The lowest BCUT2D eigenvalue weighted by atomic mass is 10.0. The molecular formula is C20H24N2O6. The minimum atomic E-state index is -0.492. The standard InChI is InChI=1S/C20H24N2O6/c23-18-10-15(19(24)21-5-3-20(4-6-21)27-7-8-28-20)12-22(18)11-14-1-2-16-17(9-14)26-13-25-16/h1-2,9,15H,3-8,10-13H2. The van der Waals surface area contributed by atoms with Crippen LogP contribution in [0, 0.1) is 5.92 Å². The van der Waals surface area contributed by atoms with Gasteiger partial charge in [0.05, 0.1) is 19.1 Å². The first kappa shape index (κ1) is 17.8. The zero-order valence-electron chi connectivity index (χ0n) is 15.7. The van der Waals surface area contributed by atoms with E-state index in [4.69, 9.17) is 18.9 Å². The number of ether oxygens (including phenoxy) is 4. The van der Waals surface area contributed by atoms with Gasteiger partial charge in [0.25, 0.3) is 0 Å². The fourth-order valence-electron chi connectivity index (χ4n) is 4.46. The van der Waals surface area contributed by atoms with E-state index >= 15 is 0 Å². The first-order valence-corrected chi connectivity index (χ1v) is 9.85. The molecule has 0 saturated carbocycles. The van der Waals surface area contributed by atoms with Crippen LogP contribution in [-0.4, -0.2) is 67.0 Å². The van der Waals surface area contributed by atoms with Gasteiger partial charge in [0.1, 0.15) is 0 Å². The van der Waals surface area contributed by atoms with Crippen molar-refractivity contribution in [3.63, 3.8) is 0 Å². The Morgan fingerprint density at radius 2 is 1.86 bits per heavy atom. The van der Waals surface area contributed by atoms with Crippen LogP contribution in [0.25, 0.3) is 0 Å². The zero-order chi connectivity index (χ0) is 19.1. The summed E-state index contributed by atoms with van der Waals surface area (Å²) in [6.07, 6.45) is 1.67. The second kappa shape index (κ2) is 6.93. The first-order valence-electron chi connectivity index (χ1n) is 9.85. The Morgan fingerprint density at radius 3 is 2.64 bits per heavy atom. The van der Waals surface area contributed by atoms with Crippen molar-refractivity contribution in [3.05, 3.63) is 23.8 Å². The largest absolute Gasteiger partial charge is 0.454 e. The highest BCUT2D eigenvalue weighted by atomic mass is 16.7. The number of piperidine rings is 1. The molecule has 5 rings (SSSR count). The average molecular weight is 388 g/mol. The van der Waals surface area contributed by atoms with E-state index in [9.17, 15) is 9.59 Å². The van der Waals surface area contributed by atoms with Crippen LogP contribution >= 0.6 is 0 Å². The number of hydrogen-bond donors (Lipinski definition) is 0. The van der Waals surface area contributed by atoms with Gasteiger partial charge in [-0.25, -0.2) is 0 Å². The van der Waals surface area contributed by atoms with Crippen molar-refractivity contribution in [2.24, 2.45) is 5.92 Å². The molecule has 3 fully saturated rings. The molecule has 4 aliphatic heterocycles. The van der Waals surface area contributed by atoms with Crippen LogP contribution in [0.15, 0.2) is 18.2 Å². The van der Waals surface area contributed by atoms with Crippen LogP contribution in [-0.2, 0) is 25.6 Å². The molecule has 0 N–H and O–H groups in total. The van der Waals surface area contributed by atoms with E-state index in [1.807, 2.05) is 23.1 Å². The van der Waals surface area contributed by atoms with E-state index in [1.165, 1.54) is 0 Å². The number of hydrogen-bond acceptors (Lipinski definition) is 6. The normalized spacial score (nSPS) is 25.7. The lowest BCUT2D eigenvalue weighted by Crippen LogP contribution is -2.49. The number of carbonyl (C=O) groups excluding carboxylic acids is 2. The molecule has 1 spiro atoms. The van der Waals surface area contributed by atoms with Crippen molar-refractivity contribution in [1.82, 2.24) is 9.80 Å². The van der Waals surface area contributed by atoms with Crippen LogP contribution in [0.2, 0.25) is 0 Å². The van der Waals surface area contributed by atoms with E-state index in [0.717, 1.165) is 11.3 Å². The summed E-state index contributed by atoms with van der Waals surface area (Å²) in [5, 5.41) is 0. The van der Waals surface area contributed by atoms with Gasteiger partial charge in [0.2, 0.25) is 18.6 Å². The predicted molar refractivity (Wildman–Crippen MR) is 96.5 cm³/mol. The van der Waals surface area contributed by atoms with E-state index in [-0.39, 0.29) is 30.9 Å². The lowest BCUT2D eigenvalue weighted by Gasteiger charge is -2.38. The number of fused-ring (bicyclic) bond motifs is 1. The maximum absolute atomic E-state index is 12.9. The summed E-state index contributed by atoms with van der Waals surface area (Å²) in [6.45, 7) is 3.65. The molecule has 1 atom stereocenters. The Hall–Kier alpha value is -2.32. The summed E-state index contributed by atoms with van der Waals surface area (Å²) in [4.78, 5) is 29.0. The summed E-state index contributed by atoms with van der Waals surface area (Å²) < 4.78 is 22.2. The number of nitrogens with zero attached hydrogens (tertiary/aromatic N) is 2. The van der Waals surface area contributed by atoms with Crippen LogP contribution in [0.1, 0.15) is 24.8 Å². The van der Waals surface area contributed by atoms with Crippen molar-refractivity contribution < 1.29 is 28.5 Å². The molecule has 150 valence electrons. The van der Waals surface area contributed by atoms with Gasteiger partial charge in [-0.3, -0.25) is 9.59 Å². The third-order valence-electron chi connectivity index (χ3n) is 6.02. The van der Waals surface area contributed by atoms with Gasteiger partial charge in [-0.2, -0.15) is 0 Å². The molecule has 4 aliphatic rings. The predicted octanol–water partition coefficient (Wildman–Crippen LogP) is 1.13. The molecule has 0 aromatic heterocycles. The summed E-state index contributed by atoms with van der Waals surface area (Å²) in [5.74, 6) is 0.744. The SMILES string of the molecule is O=C1CC(C(=O)N2CCC3(CC2)OCCO3)CN1Cc1ccc2c(c1)OCO2. The van der Waals surface area contributed by atoms with Gasteiger partial charge >= 0.3 is 0 Å². The first-order chi connectivity index (χ1) is 13.6. The summed E-state index contributed by atoms with van der Waals surface area (Å²) in [5.41, 5.74) is 0.973. The molecule has 3 saturated heterocycles. The van der Waals surface area contributed by atoms with Crippen LogP contribution in [0.4, 0.5) is 0 Å². The third-order valence-corrected chi connectivity index (χ3v) is 6.02. The molecule has 0 aliphatic carbocycles. The molecule has 8 heteroatoms. The fourth-order valence-corrected chi connectivity index (χ4v) is 4.46. The maximum atomic E-state index is 12.9. The zero-order valence-corrected chi connectivity index (χ0v) is 15.7. The van der Waals surface area contributed by atoms with Crippen molar-refractivity contribution in [2.45, 2.75) is 31.6 Å². The highest BCUT2D eigenvalue weighted by Gasteiger charge is 2.43. The molecule has 8 nitrogen and oxygen atoms in total. The molecule has 1 aromatic carbocycles. The third kappa shape index (κ3) is 3.20. The second-order valence-electron chi connectivity index (χ2n) is 7.80. The number of rotatable bonds is 3. The molecule has 0 radical (unpaired) electrons. The molecule has 0 bridgehead atoms. The topological polar surface area (TPSA) is 77.5 Å². The number of likely N-dealkylation sites (tertiary alicyclic amines) is 2. The van der Waals surface area contributed by atoms with Gasteiger partial charge in [-0.05, 0) is 17.7 Å². The smallest absolute Gasteiger partial charge is 0.231 e. The van der Waals surface area contributed by atoms with Crippen LogP contribution in [0.5, 0.6) is 11.5 Å². The molecule has 1 aromatic rings. The molecule has 28 heavy (non-hydrogen) atoms. The Labute approximate surface area is 163 Å². The Morgan fingerprint density at radius 1 is 1.11 bits per heavy atom. The van der Waals surface area contributed by atoms with Gasteiger partial charge in [0, 0.05) is 45.4 Å². The van der Waals surface area contributed by atoms with E-state index in [2.05, 4.69) is 0 Å². The average Bonchev–Trinajstić information content (AvgIpc) is 3.43. The monoisotopic (exact) mass is 388 g/mol. The van der Waals surface area contributed by atoms with Gasteiger partial charge < -0.3 is 28.7 Å². The number of carbonyl (C=O) groups is 2. The van der Waals surface area contributed by atoms with Gasteiger partial charge in [-0.15, -0.1) is 0 Å². The fraction of sp³-hybridized carbons (Fsp3) is 0.600. The minimum absolute atomic E-state index is 0.0203. The molecule has 1 unspecified atom stereocenters. The number of amides is 2. The van der Waals surface area contributed by atoms with Crippen LogP contribution < -0.4 is 9.47 Å². The second-order valence-corrected chi connectivity index (χ2v) is 7.80. The van der Waals surface area contributed by atoms with Crippen LogP contribution in [0.3, 0.4) is 0 Å². The van der Waals surface area contributed by atoms with Crippen molar-refractivity contribution in [3.8, 4) is 11.5 Å². The van der Waals surface area contributed by atoms with Gasteiger partial charge in [0.15, 0.2) is 17.3 Å². The Kier molecular flexibility index (Phi) is 4.40. The lowest BCUT2D eigenvalue weighted by molar-refractivity contribution is -0.188. The Bertz CT molecular complexity index is 781. The summed E-state index contributed by atoms with van der Waals surface area (Å²) in [7, 11) is 0. The Balaban J connectivity index is 1.19. The molecule has 2 amide bonds. The molecule has 4 heterocycles. The summed E-state index contributed by atoms with van der Waals surface area (Å²) in [6, 6.07) is 5.69. The van der Waals surface area contributed by atoms with Crippen molar-refractivity contribution >= 4 is 11.8 Å². The highest BCUT2D eigenvalue weighted by Crippen LogP contribution is 2.34. The molecular weight excluding hydrogens is 364 g/mol. The summed E-state index contributed by atoms with van der Waals surface area (Å²) >= 11 is 0. The quantitative estimate of drug-likeness (QED) is 0.773. The van der Waals surface area contributed by atoms with E-state index < -0.39 is 5.79 Å². The van der Waals surface area contributed by atoms with Crippen molar-refractivity contribution in [1.29, 1.82) is 0 Å². The maximum Gasteiger partial charge on any atom is 0.231 e. The minimum Gasteiger partial charge on any atom is -0.454 e. The van der Waals surface area contributed by atoms with Crippen molar-refractivity contribution in [2.75, 3.05) is 39.6 Å². The highest BCUT2D eigenvalue weighted by molar-refractivity contribution is 5.89.